The molecule has 0 aliphatic carbocycles. The molecule has 0 aliphatic rings. The second kappa shape index (κ2) is 4.83. The Morgan fingerprint density at radius 2 is 2.12 bits per heavy atom. The molecule has 0 radical (unpaired) electrons. The van der Waals surface area contributed by atoms with E-state index >= 15 is 0 Å². The van der Waals surface area contributed by atoms with Gasteiger partial charge >= 0.3 is 0 Å². The molecule has 86 valence electrons. The van der Waals surface area contributed by atoms with Gasteiger partial charge in [0.1, 0.15) is 6.04 Å². The van der Waals surface area contributed by atoms with Crippen molar-refractivity contribution in [2.45, 2.75) is 24.8 Å². The summed E-state index contributed by atoms with van der Waals surface area (Å²) in [5, 5.41) is 9.04. The van der Waals surface area contributed by atoms with Gasteiger partial charge in [-0.2, -0.15) is 9.98 Å². The van der Waals surface area contributed by atoms with E-state index in [4.69, 9.17) is 16.9 Å². The fourth-order valence-electron chi connectivity index (χ4n) is 1.24. The van der Waals surface area contributed by atoms with Crippen LogP contribution in [0.1, 0.15) is 12.5 Å². The van der Waals surface area contributed by atoms with Crippen LogP contribution in [0.5, 0.6) is 0 Å². The van der Waals surface area contributed by atoms with Crippen molar-refractivity contribution >= 4 is 21.6 Å². The predicted molar refractivity (Wildman–Crippen MR) is 61.6 cm³/mol. The van der Waals surface area contributed by atoms with Gasteiger partial charge in [-0.3, -0.25) is 0 Å². The Balaban J connectivity index is 3.14. The molecular formula is C10H11ClN2O2S. The van der Waals surface area contributed by atoms with E-state index in [0.717, 1.165) is 0 Å². The molecule has 1 N–H and O–H groups in total. The predicted octanol–water partition coefficient (Wildman–Crippen LogP) is 1.84. The van der Waals surface area contributed by atoms with E-state index < -0.39 is 16.1 Å². The third-order valence-electron chi connectivity index (χ3n) is 1.95. The zero-order chi connectivity index (χ0) is 12.3. The van der Waals surface area contributed by atoms with Crippen LogP contribution in [0, 0.1) is 18.3 Å². The van der Waals surface area contributed by atoms with Gasteiger partial charge in [-0.1, -0.05) is 11.6 Å². The Labute approximate surface area is 99.9 Å². The van der Waals surface area contributed by atoms with Crippen molar-refractivity contribution in [3.05, 3.63) is 28.8 Å². The molecule has 1 unspecified atom stereocenters. The maximum atomic E-state index is 11.8. The SMILES string of the molecule is Cc1cc(Cl)ccc1S(=O)(=O)NC(C)C#N. The summed E-state index contributed by atoms with van der Waals surface area (Å²) in [5.74, 6) is 0. The standard InChI is InChI=1S/C10H11ClN2O2S/c1-7-5-9(11)3-4-10(7)16(14,15)13-8(2)6-12/h3-5,8,13H,1-2H3. The van der Waals surface area contributed by atoms with Crippen LogP contribution in [0.2, 0.25) is 5.02 Å². The number of benzene rings is 1. The number of hydrogen-bond acceptors (Lipinski definition) is 3. The first kappa shape index (κ1) is 13.0. The normalized spacial score (nSPS) is 13.1. The first-order valence-corrected chi connectivity index (χ1v) is 6.41. The minimum Gasteiger partial charge on any atom is -0.207 e. The highest BCUT2D eigenvalue weighted by Crippen LogP contribution is 2.19. The Kier molecular flexibility index (Phi) is 3.92. The summed E-state index contributed by atoms with van der Waals surface area (Å²) in [5.41, 5.74) is 0.546. The molecule has 0 heterocycles. The number of nitriles is 1. The van der Waals surface area contributed by atoms with Crippen LogP contribution in [0.25, 0.3) is 0 Å². The number of nitrogens with one attached hydrogen (secondary N) is 1. The van der Waals surface area contributed by atoms with Crippen molar-refractivity contribution < 1.29 is 8.42 Å². The zero-order valence-corrected chi connectivity index (χ0v) is 10.4. The molecule has 4 nitrogen and oxygen atoms in total. The Hall–Kier alpha value is -1.09. The monoisotopic (exact) mass is 258 g/mol. The van der Waals surface area contributed by atoms with Crippen molar-refractivity contribution in [2.75, 3.05) is 0 Å². The molecule has 1 aromatic rings. The highest BCUT2D eigenvalue weighted by atomic mass is 35.5. The van der Waals surface area contributed by atoms with E-state index in [1.54, 1.807) is 19.1 Å². The van der Waals surface area contributed by atoms with E-state index in [1.807, 2.05) is 0 Å². The minimum atomic E-state index is -3.65. The lowest BCUT2D eigenvalue weighted by Crippen LogP contribution is -2.31. The summed E-state index contributed by atoms with van der Waals surface area (Å²) in [6.07, 6.45) is 0. The molecule has 0 saturated heterocycles. The van der Waals surface area contributed by atoms with Gasteiger partial charge in [-0.05, 0) is 37.6 Å². The van der Waals surface area contributed by atoms with Crippen LogP contribution >= 0.6 is 11.6 Å². The van der Waals surface area contributed by atoms with Gasteiger partial charge in [0.2, 0.25) is 10.0 Å². The van der Waals surface area contributed by atoms with Gasteiger partial charge in [-0.25, -0.2) is 8.42 Å². The third kappa shape index (κ3) is 2.95. The van der Waals surface area contributed by atoms with Crippen LogP contribution in [-0.4, -0.2) is 14.5 Å². The topological polar surface area (TPSA) is 70.0 Å². The average Bonchev–Trinajstić information content (AvgIpc) is 2.16. The summed E-state index contributed by atoms with van der Waals surface area (Å²) in [6, 6.07) is 5.53. The fraction of sp³-hybridized carbons (Fsp3) is 0.300. The quantitative estimate of drug-likeness (QED) is 0.899. The lowest BCUT2D eigenvalue weighted by atomic mass is 10.2. The van der Waals surface area contributed by atoms with E-state index in [0.29, 0.717) is 10.6 Å². The Morgan fingerprint density at radius 3 is 2.62 bits per heavy atom. The summed E-state index contributed by atoms with van der Waals surface area (Å²) in [6.45, 7) is 3.13. The summed E-state index contributed by atoms with van der Waals surface area (Å²) in [4.78, 5) is 0.138. The number of halogens is 1. The van der Waals surface area contributed by atoms with Crippen molar-refractivity contribution in [1.29, 1.82) is 5.26 Å². The third-order valence-corrected chi connectivity index (χ3v) is 3.89. The molecule has 1 atom stereocenters. The summed E-state index contributed by atoms with van der Waals surface area (Å²) < 4.78 is 25.9. The van der Waals surface area contributed by atoms with Crippen molar-refractivity contribution in [3.8, 4) is 6.07 Å². The van der Waals surface area contributed by atoms with Crippen molar-refractivity contribution in [1.82, 2.24) is 4.72 Å². The van der Waals surface area contributed by atoms with Crippen LogP contribution in [0.15, 0.2) is 23.1 Å². The Morgan fingerprint density at radius 1 is 1.50 bits per heavy atom. The van der Waals surface area contributed by atoms with Crippen LogP contribution < -0.4 is 4.72 Å². The maximum Gasteiger partial charge on any atom is 0.241 e. The van der Waals surface area contributed by atoms with Gasteiger partial charge in [0.05, 0.1) is 11.0 Å². The van der Waals surface area contributed by atoms with E-state index in [-0.39, 0.29) is 4.90 Å². The highest BCUT2D eigenvalue weighted by molar-refractivity contribution is 7.89. The molecule has 0 bridgehead atoms. The Bertz CT molecular complexity index is 534. The lowest BCUT2D eigenvalue weighted by Gasteiger charge is -2.10. The van der Waals surface area contributed by atoms with Crippen LogP contribution in [0.3, 0.4) is 0 Å². The molecule has 0 aliphatic heterocycles. The first-order chi connectivity index (χ1) is 7.36. The number of rotatable bonds is 3. The molecular weight excluding hydrogens is 248 g/mol. The van der Waals surface area contributed by atoms with Gasteiger partial charge < -0.3 is 0 Å². The molecule has 1 aromatic carbocycles. The van der Waals surface area contributed by atoms with Gasteiger partial charge in [0.15, 0.2) is 0 Å². The average molecular weight is 259 g/mol. The maximum absolute atomic E-state index is 11.8. The zero-order valence-electron chi connectivity index (χ0n) is 8.86. The summed E-state index contributed by atoms with van der Waals surface area (Å²) in [7, 11) is -3.65. The smallest absolute Gasteiger partial charge is 0.207 e. The molecule has 0 spiro atoms. The molecule has 1 rings (SSSR count). The van der Waals surface area contributed by atoms with Gasteiger partial charge in [0.25, 0.3) is 0 Å². The van der Waals surface area contributed by atoms with Crippen LogP contribution in [0.4, 0.5) is 0 Å². The van der Waals surface area contributed by atoms with E-state index in [1.165, 1.54) is 19.1 Å². The number of hydrogen-bond donors (Lipinski definition) is 1. The second-order valence-corrected chi connectivity index (χ2v) is 5.50. The van der Waals surface area contributed by atoms with E-state index in [9.17, 15) is 8.42 Å². The molecule has 0 fully saturated rings. The van der Waals surface area contributed by atoms with Gasteiger partial charge in [0, 0.05) is 5.02 Å². The highest BCUT2D eigenvalue weighted by Gasteiger charge is 2.19. The molecule has 6 heteroatoms. The van der Waals surface area contributed by atoms with E-state index in [2.05, 4.69) is 4.72 Å². The summed E-state index contributed by atoms with van der Waals surface area (Å²) >= 11 is 5.73. The van der Waals surface area contributed by atoms with Crippen molar-refractivity contribution in [2.24, 2.45) is 0 Å². The minimum absolute atomic E-state index is 0.138. The number of sulfonamides is 1. The number of nitrogens with zero attached hydrogens (tertiary/aromatic N) is 1. The van der Waals surface area contributed by atoms with Crippen LogP contribution in [-0.2, 0) is 10.0 Å². The molecule has 0 saturated carbocycles. The molecule has 0 amide bonds. The largest absolute Gasteiger partial charge is 0.241 e. The van der Waals surface area contributed by atoms with Crippen molar-refractivity contribution in [3.63, 3.8) is 0 Å². The number of aryl methyl sites for hydroxylation is 1. The molecule has 16 heavy (non-hydrogen) atoms. The molecule has 0 aromatic heterocycles. The van der Waals surface area contributed by atoms with Gasteiger partial charge in [-0.15, -0.1) is 0 Å². The lowest BCUT2D eigenvalue weighted by molar-refractivity contribution is 0.576. The fourth-order valence-corrected chi connectivity index (χ4v) is 2.84. The second-order valence-electron chi connectivity index (χ2n) is 3.38. The first-order valence-electron chi connectivity index (χ1n) is 4.55.